The van der Waals surface area contributed by atoms with E-state index in [0.717, 1.165) is 22.4 Å². The molecule has 0 aliphatic heterocycles. The van der Waals surface area contributed by atoms with Gasteiger partial charge in [0.15, 0.2) is 5.76 Å². The standard InChI is InChI=1S/C19H17ClN2O2S/c1-12-4-3-5-13(2)18(12)22-17(23)11-25-19-21-10-16(24-19)14-6-8-15(20)9-7-14/h3-10H,11H2,1-2H3,(H,22,23). The number of aromatic nitrogens is 1. The monoisotopic (exact) mass is 372 g/mol. The highest BCUT2D eigenvalue weighted by Gasteiger charge is 2.11. The van der Waals surface area contributed by atoms with Crippen molar-refractivity contribution in [1.29, 1.82) is 0 Å². The largest absolute Gasteiger partial charge is 0.431 e. The lowest BCUT2D eigenvalue weighted by Gasteiger charge is -2.10. The van der Waals surface area contributed by atoms with Crippen LogP contribution in [0.25, 0.3) is 11.3 Å². The minimum absolute atomic E-state index is 0.0892. The summed E-state index contributed by atoms with van der Waals surface area (Å²) in [6.45, 7) is 3.95. The fourth-order valence-electron chi connectivity index (χ4n) is 2.39. The summed E-state index contributed by atoms with van der Waals surface area (Å²) in [7, 11) is 0. The van der Waals surface area contributed by atoms with Gasteiger partial charge in [-0.15, -0.1) is 0 Å². The third-order valence-electron chi connectivity index (χ3n) is 3.69. The fourth-order valence-corrected chi connectivity index (χ4v) is 3.12. The summed E-state index contributed by atoms with van der Waals surface area (Å²) in [4.78, 5) is 16.4. The van der Waals surface area contributed by atoms with Crippen LogP contribution in [0, 0.1) is 13.8 Å². The smallest absolute Gasteiger partial charge is 0.256 e. The van der Waals surface area contributed by atoms with Gasteiger partial charge in [0.2, 0.25) is 5.91 Å². The molecule has 1 N–H and O–H groups in total. The number of carbonyl (C=O) groups excluding carboxylic acids is 1. The van der Waals surface area contributed by atoms with Gasteiger partial charge in [-0.2, -0.15) is 0 Å². The molecule has 128 valence electrons. The van der Waals surface area contributed by atoms with Crippen LogP contribution in [0.15, 0.2) is 58.3 Å². The Morgan fingerprint density at radius 1 is 1.16 bits per heavy atom. The van der Waals surface area contributed by atoms with Crippen LogP contribution in [0.3, 0.4) is 0 Å². The topological polar surface area (TPSA) is 55.1 Å². The van der Waals surface area contributed by atoms with Crippen LogP contribution in [-0.2, 0) is 4.79 Å². The van der Waals surface area contributed by atoms with Crippen LogP contribution in [0.1, 0.15) is 11.1 Å². The van der Waals surface area contributed by atoms with Crippen molar-refractivity contribution < 1.29 is 9.21 Å². The molecule has 0 atom stereocenters. The van der Waals surface area contributed by atoms with Crippen molar-refractivity contribution in [1.82, 2.24) is 4.98 Å². The molecule has 1 heterocycles. The Bertz CT molecular complexity index is 870. The normalized spacial score (nSPS) is 10.7. The predicted molar refractivity (Wildman–Crippen MR) is 102 cm³/mol. The Balaban J connectivity index is 1.60. The number of thioether (sulfide) groups is 1. The molecular weight excluding hydrogens is 356 g/mol. The molecule has 25 heavy (non-hydrogen) atoms. The van der Waals surface area contributed by atoms with Crippen LogP contribution in [0.4, 0.5) is 5.69 Å². The molecule has 0 unspecified atom stereocenters. The maximum absolute atomic E-state index is 12.2. The second kappa shape index (κ2) is 7.76. The number of para-hydroxylation sites is 1. The van der Waals surface area contributed by atoms with Crippen LogP contribution < -0.4 is 5.32 Å². The van der Waals surface area contributed by atoms with E-state index in [2.05, 4.69) is 10.3 Å². The summed E-state index contributed by atoms with van der Waals surface area (Å²) in [5.74, 6) is 0.789. The minimum Gasteiger partial charge on any atom is -0.431 e. The molecule has 0 radical (unpaired) electrons. The fraction of sp³-hybridized carbons (Fsp3) is 0.158. The van der Waals surface area contributed by atoms with Crippen LogP contribution in [-0.4, -0.2) is 16.6 Å². The lowest BCUT2D eigenvalue weighted by Crippen LogP contribution is -2.15. The molecular formula is C19H17ClN2O2S. The number of anilines is 1. The van der Waals surface area contributed by atoms with Crippen molar-refractivity contribution in [3.63, 3.8) is 0 Å². The Labute approximate surface area is 155 Å². The summed E-state index contributed by atoms with van der Waals surface area (Å²) < 4.78 is 5.69. The van der Waals surface area contributed by atoms with Crippen molar-refractivity contribution in [3.8, 4) is 11.3 Å². The first-order valence-electron chi connectivity index (χ1n) is 7.73. The lowest BCUT2D eigenvalue weighted by molar-refractivity contribution is -0.113. The number of aryl methyl sites for hydroxylation is 2. The van der Waals surface area contributed by atoms with E-state index < -0.39 is 0 Å². The van der Waals surface area contributed by atoms with E-state index in [1.807, 2.05) is 44.2 Å². The van der Waals surface area contributed by atoms with Gasteiger partial charge in [-0.05, 0) is 49.2 Å². The SMILES string of the molecule is Cc1cccc(C)c1NC(=O)CSc1ncc(-c2ccc(Cl)cc2)o1. The van der Waals surface area contributed by atoms with Gasteiger partial charge in [0.1, 0.15) is 0 Å². The number of nitrogens with one attached hydrogen (secondary N) is 1. The Kier molecular flexibility index (Phi) is 5.46. The van der Waals surface area contributed by atoms with Crippen LogP contribution in [0.2, 0.25) is 5.02 Å². The Morgan fingerprint density at radius 2 is 1.84 bits per heavy atom. The second-order valence-electron chi connectivity index (χ2n) is 5.60. The van der Waals surface area contributed by atoms with Crippen molar-refractivity contribution in [2.45, 2.75) is 19.1 Å². The van der Waals surface area contributed by atoms with E-state index in [1.54, 1.807) is 18.3 Å². The van der Waals surface area contributed by atoms with E-state index in [9.17, 15) is 4.79 Å². The Hall–Kier alpha value is -2.24. The number of carbonyl (C=O) groups is 1. The average Bonchev–Trinajstić information content (AvgIpc) is 3.06. The van der Waals surface area contributed by atoms with Crippen molar-refractivity contribution in [2.24, 2.45) is 0 Å². The number of hydrogen-bond acceptors (Lipinski definition) is 4. The van der Waals surface area contributed by atoms with Crippen molar-refractivity contribution in [2.75, 3.05) is 11.1 Å². The molecule has 1 amide bonds. The van der Waals surface area contributed by atoms with Crippen molar-refractivity contribution in [3.05, 3.63) is 64.8 Å². The molecule has 3 rings (SSSR count). The van der Waals surface area contributed by atoms with Gasteiger partial charge in [0.05, 0.1) is 11.9 Å². The molecule has 0 bridgehead atoms. The molecule has 0 aliphatic rings. The van der Waals surface area contributed by atoms with E-state index in [-0.39, 0.29) is 11.7 Å². The lowest BCUT2D eigenvalue weighted by atomic mass is 10.1. The summed E-state index contributed by atoms with van der Waals surface area (Å²) in [5.41, 5.74) is 3.84. The number of rotatable bonds is 5. The maximum Gasteiger partial charge on any atom is 0.256 e. The summed E-state index contributed by atoms with van der Waals surface area (Å²) in [6.07, 6.45) is 1.65. The molecule has 1 aromatic heterocycles. The van der Waals surface area contributed by atoms with Gasteiger partial charge in [-0.25, -0.2) is 4.98 Å². The zero-order valence-electron chi connectivity index (χ0n) is 13.9. The molecule has 2 aromatic carbocycles. The number of amides is 1. The third-order valence-corrected chi connectivity index (χ3v) is 4.78. The van der Waals surface area contributed by atoms with Gasteiger partial charge in [0, 0.05) is 16.3 Å². The maximum atomic E-state index is 12.2. The predicted octanol–water partition coefficient (Wildman–Crippen LogP) is 5.34. The Morgan fingerprint density at radius 3 is 2.52 bits per heavy atom. The highest BCUT2D eigenvalue weighted by atomic mass is 35.5. The van der Waals surface area contributed by atoms with Gasteiger partial charge in [-0.1, -0.05) is 41.6 Å². The molecule has 0 spiro atoms. The first kappa shape index (κ1) is 17.6. The van der Waals surface area contributed by atoms with Gasteiger partial charge < -0.3 is 9.73 Å². The average molecular weight is 373 g/mol. The van der Waals surface area contributed by atoms with Crippen LogP contribution in [0.5, 0.6) is 0 Å². The molecule has 0 fully saturated rings. The molecule has 4 nitrogen and oxygen atoms in total. The van der Waals surface area contributed by atoms with Crippen molar-refractivity contribution >= 4 is 35.0 Å². The molecule has 0 saturated carbocycles. The molecule has 0 saturated heterocycles. The summed E-state index contributed by atoms with van der Waals surface area (Å²) in [5, 5.41) is 4.08. The molecule has 0 aliphatic carbocycles. The van der Waals surface area contributed by atoms with Gasteiger partial charge >= 0.3 is 0 Å². The van der Waals surface area contributed by atoms with E-state index in [0.29, 0.717) is 16.0 Å². The number of nitrogens with zero attached hydrogens (tertiary/aromatic N) is 1. The first-order chi connectivity index (χ1) is 12.0. The summed E-state index contributed by atoms with van der Waals surface area (Å²) >= 11 is 7.15. The number of hydrogen-bond donors (Lipinski definition) is 1. The minimum atomic E-state index is -0.0892. The van der Waals surface area contributed by atoms with E-state index in [4.69, 9.17) is 16.0 Å². The summed E-state index contributed by atoms with van der Waals surface area (Å²) in [6, 6.07) is 13.2. The second-order valence-corrected chi connectivity index (χ2v) is 6.96. The van der Waals surface area contributed by atoms with E-state index in [1.165, 1.54) is 11.8 Å². The van der Waals surface area contributed by atoms with Gasteiger partial charge in [0.25, 0.3) is 5.22 Å². The quantitative estimate of drug-likeness (QED) is 0.614. The zero-order valence-corrected chi connectivity index (χ0v) is 15.4. The highest BCUT2D eigenvalue weighted by molar-refractivity contribution is 7.99. The molecule has 3 aromatic rings. The number of benzene rings is 2. The van der Waals surface area contributed by atoms with E-state index >= 15 is 0 Å². The number of oxazole rings is 1. The van der Waals surface area contributed by atoms with Crippen LogP contribution >= 0.6 is 23.4 Å². The van der Waals surface area contributed by atoms with Gasteiger partial charge in [-0.3, -0.25) is 4.79 Å². The third kappa shape index (κ3) is 4.44. The molecule has 6 heteroatoms. The number of halogens is 1. The highest BCUT2D eigenvalue weighted by Crippen LogP contribution is 2.27. The first-order valence-corrected chi connectivity index (χ1v) is 9.10. The zero-order chi connectivity index (χ0) is 17.8.